The average Bonchev–Trinajstić information content (AvgIpc) is 2.87. The van der Waals surface area contributed by atoms with E-state index in [1.165, 1.54) is 24.0 Å². The lowest BCUT2D eigenvalue weighted by molar-refractivity contribution is 0.0991. The molecule has 0 bridgehead atoms. The number of hydrogen-bond acceptors (Lipinski definition) is 4. The Bertz CT molecular complexity index is 1050. The van der Waals surface area contributed by atoms with Crippen LogP contribution in [0.25, 0.3) is 0 Å². The molecule has 33 heavy (non-hydrogen) atoms. The van der Waals surface area contributed by atoms with E-state index in [-0.39, 0.29) is 17.4 Å². The highest BCUT2D eigenvalue weighted by molar-refractivity contribution is 6.14. The Kier molecular flexibility index (Phi) is 8.21. The summed E-state index contributed by atoms with van der Waals surface area (Å²) in [6.45, 7) is 9.21. The Hall–Kier alpha value is -3.21. The minimum Gasteiger partial charge on any atom is -0.508 e. The van der Waals surface area contributed by atoms with Gasteiger partial charge in [0, 0.05) is 12.6 Å². The number of aromatic hydroxyl groups is 2. The zero-order valence-corrected chi connectivity index (χ0v) is 20.2. The van der Waals surface area contributed by atoms with Crippen molar-refractivity contribution < 1.29 is 15.0 Å². The smallest absolute Gasteiger partial charge is 0.260 e. The fourth-order valence-electron chi connectivity index (χ4n) is 4.06. The molecule has 0 spiro atoms. The molecule has 0 saturated heterocycles. The summed E-state index contributed by atoms with van der Waals surface area (Å²) in [6, 6.07) is 9.78. The van der Waals surface area contributed by atoms with Crippen LogP contribution >= 0.6 is 0 Å². The maximum absolute atomic E-state index is 13.4. The van der Waals surface area contributed by atoms with Crippen LogP contribution in [0.5, 0.6) is 11.5 Å². The number of fused-ring (bicyclic) bond motifs is 2. The van der Waals surface area contributed by atoms with E-state index in [0.29, 0.717) is 29.2 Å². The van der Waals surface area contributed by atoms with Crippen molar-refractivity contribution in [3.8, 4) is 11.5 Å². The number of phenols is 2. The van der Waals surface area contributed by atoms with Crippen LogP contribution in [0.1, 0.15) is 70.2 Å². The Labute approximate surface area is 197 Å². The van der Waals surface area contributed by atoms with Gasteiger partial charge in [-0.15, -0.1) is 0 Å². The summed E-state index contributed by atoms with van der Waals surface area (Å²) in [5, 5.41) is 23.5. The molecule has 5 nitrogen and oxygen atoms in total. The number of carbonyl (C=O) groups excluding carboxylic acids is 1. The summed E-state index contributed by atoms with van der Waals surface area (Å²) < 4.78 is 0. The zero-order chi connectivity index (χ0) is 24.0. The van der Waals surface area contributed by atoms with Crippen molar-refractivity contribution in [2.75, 3.05) is 16.8 Å². The van der Waals surface area contributed by atoms with Gasteiger partial charge in [-0.2, -0.15) is 0 Å². The summed E-state index contributed by atoms with van der Waals surface area (Å²) in [5.41, 5.74) is 4.68. The molecule has 0 aromatic heterocycles. The largest absolute Gasteiger partial charge is 0.508 e. The number of nitrogens with one attached hydrogen (secondary N) is 1. The molecular weight excluding hydrogens is 412 g/mol. The standard InChI is InChI=1S/C28H36N2O3/c1-19(2)8-5-9-20(3)10-6-11-21(4)16-17-30-25-18-22(31)14-15-24(25)29-27-23(28(30)33)12-7-13-26(27)32/h7,10,12-16,18-19,29,31-32H,5-6,8-9,11,17H2,1-4H3/b20-10+,21-16+. The average molecular weight is 449 g/mol. The van der Waals surface area contributed by atoms with Crippen molar-refractivity contribution in [1.82, 2.24) is 0 Å². The number of para-hydroxylation sites is 1. The molecule has 1 amide bonds. The molecule has 3 rings (SSSR count). The number of nitrogens with zero attached hydrogens (tertiary/aromatic N) is 1. The summed E-state index contributed by atoms with van der Waals surface area (Å²) >= 11 is 0. The van der Waals surface area contributed by atoms with Gasteiger partial charge >= 0.3 is 0 Å². The predicted molar refractivity (Wildman–Crippen MR) is 137 cm³/mol. The van der Waals surface area contributed by atoms with E-state index in [1.807, 2.05) is 0 Å². The van der Waals surface area contributed by atoms with Crippen LogP contribution < -0.4 is 10.2 Å². The highest BCUT2D eigenvalue weighted by atomic mass is 16.3. The monoisotopic (exact) mass is 448 g/mol. The van der Waals surface area contributed by atoms with E-state index < -0.39 is 0 Å². The third kappa shape index (κ3) is 6.41. The molecule has 3 N–H and O–H groups in total. The molecule has 176 valence electrons. The first-order chi connectivity index (χ1) is 15.8. The molecular formula is C28H36N2O3. The first-order valence-electron chi connectivity index (χ1n) is 11.8. The lowest BCUT2D eigenvalue weighted by atomic mass is 10.0. The number of benzene rings is 2. The minimum atomic E-state index is -0.220. The van der Waals surface area contributed by atoms with E-state index in [2.05, 4.69) is 45.2 Å². The van der Waals surface area contributed by atoms with Crippen molar-refractivity contribution in [3.05, 3.63) is 65.3 Å². The lowest BCUT2D eigenvalue weighted by Crippen LogP contribution is -2.30. The highest BCUT2D eigenvalue weighted by Gasteiger charge is 2.28. The molecule has 0 radical (unpaired) electrons. The summed E-state index contributed by atoms with van der Waals surface area (Å²) in [4.78, 5) is 15.0. The molecule has 0 unspecified atom stereocenters. The SMILES string of the molecule is C/C(=C\CN1C(=O)c2cccc(O)c2Nc2ccc(O)cc21)CC/C=C(\C)CCCC(C)C. The molecule has 1 aliphatic rings. The number of allylic oxidation sites excluding steroid dienone is 3. The molecule has 0 aliphatic carbocycles. The first kappa shape index (κ1) is 24.4. The fraction of sp³-hybridized carbons (Fsp3) is 0.393. The van der Waals surface area contributed by atoms with Crippen molar-refractivity contribution in [3.63, 3.8) is 0 Å². The van der Waals surface area contributed by atoms with Crippen LogP contribution in [0.2, 0.25) is 0 Å². The van der Waals surface area contributed by atoms with Crippen LogP contribution in [0, 0.1) is 5.92 Å². The van der Waals surface area contributed by atoms with E-state index in [4.69, 9.17) is 0 Å². The molecule has 1 heterocycles. The van der Waals surface area contributed by atoms with Gasteiger partial charge in [-0.05, 0) is 69.7 Å². The fourth-order valence-corrected chi connectivity index (χ4v) is 4.06. The zero-order valence-electron chi connectivity index (χ0n) is 20.2. The van der Waals surface area contributed by atoms with Gasteiger partial charge in [0.15, 0.2) is 0 Å². The van der Waals surface area contributed by atoms with E-state index in [1.54, 1.807) is 41.3 Å². The van der Waals surface area contributed by atoms with Gasteiger partial charge < -0.3 is 20.4 Å². The molecule has 1 aliphatic heterocycles. The van der Waals surface area contributed by atoms with Gasteiger partial charge in [-0.1, -0.05) is 49.6 Å². The van der Waals surface area contributed by atoms with Gasteiger partial charge in [0.25, 0.3) is 5.91 Å². The Morgan fingerprint density at radius 3 is 2.58 bits per heavy atom. The molecule has 2 aromatic rings. The number of phenolic OH excluding ortho intramolecular Hbond substituents is 2. The van der Waals surface area contributed by atoms with E-state index in [0.717, 1.165) is 25.2 Å². The van der Waals surface area contributed by atoms with Crippen molar-refractivity contribution >= 4 is 23.0 Å². The number of carbonyl (C=O) groups is 1. The summed E-state index contributed by atoms with van der Waals surface area (Å²) in [7, 11) is 0. The predicted octanol–water partition coefficient (Wildman–Crippen LogP) is 7.30. The number of amides is 1. The van der Waals surface area contributed by atoms with Crippen LogP contribution in [0.15, 0.2) is 59.7 Å². The summed E-state index contributed by atoms with van der Waals surface area (Å²) in [5.74, 6) is 0.636. The van der Waals surface area contributed by atoms with Gasteiger partial charge in [0.05, 0.1) is 22.6 Å². The van der Waals surface area contributed by atoms with Gasteiger partial charge in [-0.25, -0.2) is 0 Å². The molecule has 5 heteroatoms. The molecule has 2 aromatic carbocycles. The normalized spacial score (nSPS) is 14.1. The van der Waals surface area contributed by atoms with Crippen LogP contribution in [-0.4, -0.2) is 22.7 Å². The number of anilines is 3. The molecule has 0 saturated carbocycles. The number of rotatable bonds is 9. The second kappa shape index (κ2) is 11.1. The maximum Gasteiger partial charge on any atom is 0.260 e. The van der Waals surface area contributed by atoms with Crippen molar-refractivity contribution in [2.45, 2.75) is 59.8 Å². The second-order valence-electron chi connectivity index (χ2n) is 9.37. The van der Waals surface area contributed by atoms with Gasteiger partial charge in [0.2, 0.25) is 0 Å². The van der Waals surface area contributed by atoms with Gasteiger partial charge in [0.1, 0.15) is 11.5 Å². The van der Waals surface area contributed by atoms with E-state index in [9.17, 15) is 15.0 Å². The van der Waals surface area contributed by atoms with E-state index >= 15 is 0 Å². The quantitative estimate of drug-likeness (QED) is 0.214. The topological polar surface area (TPSA) is 72.8 Å². The van der Waals surface area contributed by atoms with Crippen molar-refractivity contribution in [2.24, 2.45) is 5.92 Å². The Morgan fingerprint density at radius 1 is 1.06 bits per heavy atom. The van der Waals surface area contributed by atoms with Crippen molar-refractivity contribution in [1.29, 1.82) is 0 Å². The summed E-state index contributed by atoms with van der Waals surface area (Å²) in [6.07, 6.45) is 9.98. The molecule has 0 fully saturated rings. The Morgan fingerprint density at radius 2 is 1.82 bits per heavy atom. The first-order valence-corrected chi connectivity index (χ1v) is 11.8. The second-order valence-corrected chi connectivity index (χ2v) is 9.37. The van der Waals surface area contributed by atoms with Gasteiger partial charge in [-0.3, -0.25) is 4.79 Å². The third-order valence-corrected chi connectivity index (χ3v) is 6.06. The maximum atomic E-state index is 13.4. The Balaban J connectivity index is 1.73. The third-order valence-electron chi connectivity index (χ3n) is 6.06. The minimum absolute atomic E-state index is 0.0176. The van der Waals surface area contributed by atoms with Crippen LogP contribution in [-0.2, 0) is 0 Å². The van der Waals surface area contributed by atoms with Crippen LogP contribution in [0.4, 0.5) is 17.1 Å². The highest BCUT2D eigenvalue weighted by Crippen LogP contribution is 2.41. The number of hydrogen-bond donors (Lipinski definition) is 3. The lowest BCUT2D eigenvalue weighted by Gasteiger charge is -2.22. The molecule has 0 atom stereocenters. The van der Waals surface area contributed by atoms with Crippen LogP contribution in [0.3, 0.4) is 0 Å².